The topological polar surface area (TPSA) is 88.5 Å². The monoisotopic (exact) mass is 425 g/mol. The number of carbonyl (C=O) groups is 2. The van der Waals surface area contributed by atoms with Crippen molar-refractivity contribution >= 4 is 23.3 Å². The Hall–Kier alpha value is -3.72. The Kier molecular flexibility index (Phi) is 6.99. The molecule has 2 amide bonds. The number of hydrogen-bond donors (Lipinski definition) is 2. The van der Waals surface area contributed by atoms with Crippen molar-refractivity contribution in [2.75, 3.05) is 37.9 Å². The molecule has 3 aromatic rings. The summed E-state index contributed by atoms with van der Waals surface area (Å²) in [5.74, 6) is 0.260. The van der Waals surface area contributed by atoms with E-state index in [2.05, 4.69) is 15.7 Å². The van der Waals surface area contributed by atoms with Gasteiger partial charge in [0, 0.05) is 11.8 Å². The van der Waals surface area contributed by atoms with Gasteiger partial charge in [-0.15, -0.1) is 0 Å². The van der Waals surface area contributed by atoms with Gasteiger partial charge in [0.2, 0.25) is 11.8 Å². The van der Waals surface area contributed by atoms with E-state index in [0.29, 0.717) is 28.6 Å². The zero-order chi connectivity index (χ0) is 22.4. The van der Waals surface area contributed by atoms with Gasteiger partial charge in [0.1, 0.15) is 17.4 Å². The number of methoxy groups -OCH3 is 1. The smallest absolute Gasteiger partial charge is 0.239 e. The van der Waals surface area contributed by atoms with Crippen LogP contribution in [0.5, 0.6) is 5.75 Å². The highest BCUT2D eigenvalue weighted by Gasteiger charge is 2.14. The predicted octanol–water partition coefficient (Wildman–Crippen LogP) is 2.84. The van der Waals surface area contributed by atoms with E-state index < -0.39 is 0 Å². The van der Waals surface area contributed by atoms with Gasteiger partial charge in [-0.1, -0.05) is 0 Å². The number of benzene rings is 2. The summed E-state index contributed by atoms with van der Waals surface area (Å²) >= 11 is 0. The standard InChI is InChI=1S/C22H24FN5O3/c1-15-12-20(28(26-15)18-8-4-16(23)5-9-18)25-22(30)14-27(2)13-21(29)24-17-6-10-19(31-3)11-7-17/h4-12H,13-14H2,1-3H3,(H,24,29)(H,25,30). The number of ether oxygens (including phenoxy) is 1. The summed E-state index contributed by atoms with van der Waals surface area (Å²) < 4.78 is 19.8. The Morgan fingerprint density at radius 3 is 2.26 bits per heavy atom. The number of rotatable bonds is 8. The van der Waals surface area contributed by atoms with Crippen molar-refractivity contribution in [3.8, 4) is 11.4 Å². The van der Waals surface area contributed by atoms with E-state index in [-0.39, 0.29) is 30.7 Å². The molecule has 0 unspecified atom stereocenters. The average molecular weight is 425 g/mol. The lowest BCUT2D eigenvalue weighted by atomic mass is 10.3. The van der Waals surface area contributed by atoms with Crippen molar-refractivity contribution in [3.63, 3.8) is 0 Å². The van der Waals surface area contributed by atoms with Crippen LogP contribution in [0.1, 0.15) is 5.69 Å². The molecule has 9 heteroatoms. The molecule has 0 aliphatic rings. The summed E-state index contributed by atoms with van der Waals surface area (Å²) in [6.07, 6.45) is 0. The van der Waals surface area contributed by atoms with E-state index in [4.69, 9.17) is 4.74 Å². The number of aromatic nitrogens is 2. The molecule has 0 spiro atoms. The van der Waals surface area contributed by atoms with Gasteiger partial charge in [0.05, 0.1) is 31.6 Å². The van der Waals surface area contributed by atoms with Crippen LogP contribution in [0.25, 0.3) is 5.69 Å². The maximum Gasteiger partial charge on any atom is 0.239 e. The number of nitrogens with one attached hydrogen (secondary N) is 2. The third-order valence-corrected chi connectivity index (χ3v) is 4.37. The van der Waals surface area contributed by atoms with Gasteiger partial charge in [-0.25, -0.2) is 9.07 Å². The molecule has 31 heavy (non-hydrogen) atoms. The summed E-state index contributed by atoms with van der Waals surface area (Å²) in [6.45, 7) is 1.84. The number of amides is 2. The van der Waals surface area contributed by atoms with Crippen LogP contribution in [0.15, 0.2) is 54.6 Å². The minimum Gasteiger partial charge on any atom is -0.497 e. The fourth-order valence-electron chi connectivity index (χ4n) is 2.97. The molecular formula is C22H24FN5O3. The van der Waals surface area contributed by atoms with Gasteiger partial charge < -0.3 is 15.4 Å². The lowest BCUT2D eigenvalue weighted by Crippen LogP contribution is -2.36. The van der Waals surface area contributed by atoms with Crippen LogP contribution < -0.4 is 15.4 Å². The summed E-state index contributed by atoms with van der Waals surface area (Å²) in [7, 11) is 3.25. The first-order valence-electron chi connectivity index (χ1n) is 9.59. The fourth-order valence-corrected chi connectivity index (χ4v) is 2.97. The van der Waals surface area contributed by atoms with Gasteiger partial charge in [0.25, 0.3) is 0 Å². The maximum absolute atomic E-state index is 13.2. The first-order valence-corrected chi connectivity index (χ1v) is 9.59. The molecule has 1 aromatic heterocycles. The second-order valence-electron chi connectivity index (χ2n) is 7.06. The molecule has 1 heterocycles. The van der Waals surface area contributed by atoms with E-state index in [1.807, 2.05) is 0 Å². The Bertz CT molecular complexity index is 1050. The molecule has 0 radical (unpaired) electrons. The lowest BCUT2D eigenvalue weighted by molar-refractivity contribution is -0.119. The Labute approximate surface area is 179 Å². The minimum absolute atomic E-state index is 0.00365. The van der Waals surface area contributed by atoms with E-state index >= 15 is 0 Å². The van der Waals surface area contributed by atoms with Crippen LogP contribution in [0.3, 0.4) is 0 Å². The maximum atomic E-state index is 13.2. The minimum atomic E-state index is -0.354. The summed E-state index contributed by atoms with van der Waals surface area (Å²) in [4.78, 5) is 26.3. The Morgan fingerprint density at radius 2 is 1.65 bits per heavy atom. The largest absolute Gasteiger partial charge is 0.497 e. The van der Waals surface area contributed by atoms with Crippen LogP contribution in [-0.2, 0) is 9.59 Å². The highest BCUT2D eigenvalue weighted by Crippen LogP contribution is 2.18. The molecule has 0 aliphatic heterocycles. The molecule has 162 valence electrons. The second kappa shape index (κ2) is 9.86. The number of carbonyl (C=O) groups excluding carboxylic acids is 2. The molecule has 2 N–H and O–H groups in total. The van der Waals surface area contributed by atoms with Crippen molar-refractivity contribution in [2.24, 2.45) is 0 Å². The number of nitrogens with zero attached hydrogens (tertiary/aromatic N) is 3. The molecule has 8 nitrogen and oxygen atoms in total. The molecular weight excluding hydrogens is 401 g/mol. The van der Waals surface area contributed by atoms with Crippen LogP contribution in [0.2, 0.25) is 0 Å². The first-order chi connectivity index (χ1) is 14.8. The normalized spacial score (nSPS) is 10.7. The van der Waals surface area contributed by atoms with Crippen molar-refractivity contribution in [1.82, 2.24) is 14.7 Å². The van der Waals surface area contributed by atoms with Crippen molar-refractivity contribution in [1.29, 1.82) is 0 Å². The number of halogens is 1. The molecule has 2 aromatic carbocycles. The van der Waals surface area contributed by atoms with Gasteiger partial charge in [-0.3, -0.25) is 14.5 Å². The molecule has 0 saturated carbocycles. The Morgan fingerprint density at radius 1 is 1.03 bits per heavy atom. The quantitative estimate of drug-likeness (QED) is 0.579. The second-order valence-corrected chi connectivity index (χ2v) is 7.06. The highest BCUT2D eigenvalue weighted by atomic mass is 19.1. The Balaban J connectivity index is 1.55. The van der Waals surface area contributed by atoms with Gasteiger partial charge >= 0.3 is 0 Å². The van der Waals surface area contributed by atoms with E-state index in [1.54, 1.807) is 68.4 Å². The fraction of sp³-hybridized carbons (Fsp3) is 0.227. The molecule has 0 aliphatic carbocycles. The summed E-state index contributed by atoms with van der Waals surface area (Å²) in [5, 5.41) is 9.91. The summed E-state index contributed by atoms with van der Waals surface area (Å²) in [5.41, 5.74) is 1.96. The molecule has 3 rings (SSSR count). The number of likely N-dealkylation sites (N-methyl/N-ethyl adjacent to an activating group) is 1. The zero-order valence-electron chi connectivity index (χ0n) is 17.6. The van der Waals surface area contributed by atoms with Crippen LogP contribution in [-0.4, -0.2) is 53.7 Å². The summed E-state index contributed by atoms with van der Waals surface area (Å²) in [6, 6.07) is 14.5. The third kappa shape index (κ3) is 6.13. The van der Waals surface area contributed by atoms with Gasteiger partial charge in [-0.05, 0) is 62.5 Å². The molecule has 0 fully saturated rings. The van der Waals surface area contributed by atoms with Crippen LogP contribution >= 0.6 is 0 Å². The SMILES string of the molecule is COc1ccc(NC(=O)CN(C)CC(=O)Nc2cc(C)nn2-c2ccc(F)cc2)cc1. The highest BCUT2D eigenvalue weighted by molar-refractivity contribution is 5.94. The molecule has 0 atom stereocenters. The average Bonchev–Trinajstić information content (AvgIpc) is 3.08. The number of aryl methyl sites for hydroxylation is 1. The van der Waals surface area contributed by atoms with Crippen molar-refractivity contribution in [2.45, 2.75) is 6.92 Å². The first kappa shape index (κ1) is 22.0. The zero-order valence-corrected chi connectivity index (χ0v) is 17.6. The lowest BCUT2D eigenvalue weighted by Gasteiger charge is -2.16. The van der Waals surface area contributed by atoms with Crippen molar-refractivity contribution in [3.05, 3.63) is 66.1 Å². The molecule has 0 saturated heterocycles. The predicted molar refractivity (Wildman–Crippen MR) is 116 cm³/mol. The third-order valence-electron chi connectivity index (χ3n) is 4.37. The van der Waals surface area contributed by atoms with Gasteiger partial charge in [0.15, 0.2) is 0 Å². The van der Waals surface area contributed by atoms with E-state index in [0.717, 1.165) is 0 Å². The molecule has 0 bridgehead atoms. The van der Waals surface area contributed by atoms with E-state index in [1.165, 1.54) is 16.8 Å². The van der Waals surface area contributed by atoms with Gasteiger partial charge in [-0.2, -0.15) is 5.10 Å². The van der Waals surface area contributed by atoms with Crippen molar-refractivity contribution < 1.29 is 18.7 Å². The number of anilines is 2. The number of hydrogen-bond acceptors (Lipinski definition) is 5. The van der Waals surface area contributed by atoms with Crippen LogP contribution in [0, 0.1) is 12.7 Å². The van der Waals surface area contributed by atoms with Crippen LogP contribution in [0.4, 0.5) is 15.9 Å². The van der Waals surface area contributed by atoms with E-state index in [9.17, 15) is 14.0 Å².